The SMILES string of the molecule is CCc1ccc(C2CCN(CC3CC3)CC2)cc1. The van der Waals surface area contributed by atoms with Gasteiger partial charge in [-0.2, -0.15) is 0 Å². The third-order valence-corrected chi connectivity index (χ3v) is 4.66. The molecule has 18 heavy (non-hydrogen) atoms. The van der Waals surface area contributed by atoms with Crippen LogP contribution in [0.5, 0.6) is 0 Å². The molecule has 1 saturated heterocycles. The Labute approximate surface area is 111 Å². The van der Waals surface area contributed by atoms with Crippen LogP contribution in [0.4, 0.5) is 0 Å². The first-order valence-corrected chi connectivity index (χ1v) is 7.66. The van der Waals surface area contributed by atoms with Crippen molar-refractivity contribution in [3.63, 3.8) is 0 Å². The van der Waals surface area contributed by atoms with Crippen LogP contribution in [0.3, 0.4) is 0 Å². The van der Waals surface area contributed by atoms with Crippen molar-refractivity contribution in [2.24, 2.45) is 5.92 Å². The van der Waals surface area contributed by atoms with Crippen molar-refractivity contribution >= 4 is 0 Å². The highest BCUT2D eigenvalue weighted by atomic mass is 15.1. The van der Waals surface area contributed by atoms with Gasteiger partial charge in [0.25, 0.3) is 0 Å². The summed E-state index contributed by atoms with van der Waals surface area (Å²) in [5.41, 5.74) is 3.03. The molecule has 1 nitrogen and oxygen atoms in total. The molecule has 0 spiro atoms. The highest BCUT2D eigenvalue weighted by Crippen LogP contribution is 2.33. The lowest BCUT2D eigenvalue weighted by Gasteiger charge is -2.32. The van der Waals surface area contributed by atoms with Crippen LogP contribution in [-0.2, 0) is 6.42 Å². The van der Waals surface area contributed by atoms with E-state index in [0.29, 0.717) is 0 Å². The van der Waals surface area contributed by atoms with Crippen LogP contribution in [-0.4, -0.2) is 24.5 Å². The standard InChI is InChI=1S/C17H25N/c1-2-14-5-7-16(8-6-14)17-9-11-18(12-10-17)13-15-3-4-15/h5-8,15,17H,2-4,9-13H2,1H3. The zero-order valence-electron chi connectivity index (χ0n) is 11.6. The van der Waals surface area contributed by atoms with Gasteiger partial charge in [0, 0.05) is 6.54 Å². The molecule has 1 aliphatic heterocycles. The maximum Gasteiger partial charge on any atom is 0.000967 e. The Kier molecular flexibility index (Phi) is 3.69. The van der Waals surface area contributed by atoms with Gasteiger partial charge < -0.3 is 4.90 Å². The Morgan fingerprint density at radius 2 is 1.67 bits per heavy atom. The number of hydrogen-bond acceptors (Lipinski definition) is 1. The summed E-state index contributed by atoms with van der Waals surface area (Å²) in [4.78, 5) is 2.69. The zero-order chi connectivity index (χ0) is 12.4. The second-order valence-corrected chi connectivity index (χ2v) is 6.11. The lowest BCUT2D eigenvalue weighted by molar-refractivity contribution is 0.204. The largest absolute Gasteiger partial charge is 0.303 e. The first-order chi connectivity index (χ1) is 8.85. The van der Waals surface area contributed by atoms with Crippen molar-refractivity contribution in [2.75, 3.05) is 19.6 Å². The second-order valence-electron chi connectivity index (χ2n) is 6.11. The van der Waals surface area contributed by atoms with Gasteiger partial charge in [-0.15, -0.1) is 0 Å². The highest BCUT2D eigenvalue weighted by molar-refractivity contribution is 5.25. The molecule has 0 radical (unpaired) electrons. The summed E-state index contributed by atoms with van der Waals surface area (Å²) in [6.45, 7) is 6.24. The second kappa shape index (κ2) is 5.44. The van der Waals surface area contributed by atoms with E-state index in [0.717, 1.165) is 18.3 Å². The number of likely N-dealkylation sites (tertiary alicyclic amines) is 1. The molecule has 98 valence electrons. The third kappa shape index (κ3) is 2.95. The quantitative estimate of drug-likeness (QED) is 0.776. The van der Waals surface area contributed by atoms with Gasteiger partial charge in [0.2, 0.25) is 0 Å². The van der Waals surface area contributed by atoms with Gasteiger partial charge in [-0.3, -0.25) is 0 Å². The molecule has 0 unspecified atom stereocenters. The summed E-state index contributed by atoms with van der Waals surface area (Å²) >= 11 is 0. The fourth-order valence-corrected chi connectivity index (χ4v) is 3.14. The first-order valence-electron chi connectivity index (χ1n) is 7.66. The van der Waals surface area contributed by atoms with Crippen molar-refractivity contribution in [2.45, 2.75) is 44.9 Å². The summed E-state index contributed by atoms with van der Waals surface area (Å²) in [5, 5.41) is 0. The monoisotopic (exact) mass is 243 g/mol. The molecule has 1 heteroatoms. The fraction of sp³-hybridized carbons (Fsp3) is 0.647. The smallest absolute Gasteiger partial charge is 0.000967 e. The number of rotatable bonds is 4. The van der Waals surface area contributed by atoms with E-state index < -0.39 is 0 Å². The predicted octanol–water partition coefficient (Wildman–Crippen LogP) is 3.84. The molecule has 1 aromatic rings. The minimum Gasteiger partial charge on any atom is -0.303 e. The van der Waals surface area contributed by atoms with Crippen molar-refractivity contribution in [3.05, 3.63) is 35.4 Å². The van der Waals surface area contributed by atoms with Gasteiger partial charge >= 0.3 is 0 Å². The van der Waals surface area contributed by atoms with E-state index in [1.807, 2.05) is 0 Å². The van der Waals surface area contributed by atoms with E-state index in [1.165, 1.54) is 50.9 Å². The van der Waals surface area contributed by atoms with E-state index in [2.05, 4.69) is 36.1 Å². The topological polar surface area (TPSA) is 3.24 Å². The molecule has 2 fully saturated rings. The van der Waals surface area contributed by atoms with Crippen molar-refractivity contribution < 1.29 is 0 Å². The number of aryl methyl sites for hydroxylation is 1. The van der Waals surface area contributed by atoms with E-state index in [9.17, 15) is 0 Å². The lowest BCUT2D eigenvalue weighted by Crippen LogP contribution is -2.34. The Bertz CT molecular complexity index is 369. The molecule has 0 atom stereocenters. The molecule has 3 rings (SSSR count). The maximum atomic E-state index is 2.69. The molecule has 0 N–H and O–H groups in total. The van der Waals surface area contributed by atoms with Crippen molar-refractivity contribution in [1.82, 2.24) is 4.90 Å². The normalized spacial score (nSPS) is 22.3. The molecular formula is C17H25N. The Morgan fingerprint density at radius 3 is 2.22 bits per heavy atom. The van der Waals surface area contributed by atoms with E-state index in [-0.39, 0.29) is 0 Å². The molecule has 1 heterocycles. The van der Waals surface area contributed by atoms with Gasteiger partial charge in [0.05, 0.1) is 0 Å². The van der Waals surface area contributed by atoms with Crippen LogP contribution in [0.1, 0.15) is 49.7 Å². The third-order valence-electron chi connectivity index (χ3n) is 4.66. The molecule has 1 aromatic carbocycles. The summed E-state index contributed by atoms with van der Waals surface area (Å²) in [6, 6.07) is 9.35. The van der Waals surface area contributed by atoms with Gasteiger partial charge in [-0.1, -0.05) is 31.2 Å². The zero-order valence-corrected chi connectivity index (χ0v) is 11.6. The number of hydrogen-bond donors (Lipinski definition) is 0. The summed E-state index contributed by atoms with van der Waals surface area (Å²) in [7, 11) is 0. The lowest BCUT2D eigenvalue weighted by atomic mass is 9.89. The van der Waals surface area contributed by atoms with Crippen molar-refractivity contribution in [1.29, 1.82) is 0 Å². The van der Waals surface area contributed by atoms with Crippen LogP contribution in [0.2, 0.25) is 0 Å². The van der Waals surface area contributed by atoms with Crippen LogP contribution in [0.25, 0.3) is 0 Å². The van der Waals surface area contributed by atoms with Gasteiger partial charge in [0.15, 0.2) is 0 Å². The number of piperidine rings is 1. The first kappa shape index (κ1) is 12.2. The fourth-order valence-electron chi connectivity index (χ4n) is 3.14. The van der Waals surface area contributed by atoms with E-state index >= 15 is 0 Å². The van der Waals surface area contributed by atoms with Crippen LogP contribution < -0.4 is 0 Å². The molecule has 2 aliphatic rings. The average molecular weight is 243 g/mol. The molecule has 1 saturated carbocycles. The number of nitrogens with zero attached hydrogens (tertiary/aromatic N) is 1. The van der Waals surface area contributed by atoms with Crippen LogP contribution in [0, 0.1) is 5.92 Å². The molecule has 0 aromatic heterocycles. The van der Waals surface area contributed by atoms with Crippen molar-refractivity contribution in [3.8, 4) is 0 Å². The van der Waals surface area contributed by atoms with Gasteiger partial charge in [-0.25, -0.2) is 0 Å². The molecule has 0 bridgehead atoms. The minimum atomic E-state index is 0.811. The predicted molar refractivity (Wildman–Crippen MR) is 77.0 cm³/mol. The molecule has 0 amide bonds. The Balaban J connectivity index is 1.54. The molecule has 1 aliphatic carbocycles. The Hall–Kier alpha value is -0.820. The summed E-state index contributed by atoms with van der Waals surface area (Å²) < 4.78 is 0. The highest BCUT2D eigenvalue weighted by Gasteiger charge is 2.27. The Morgan fingerprint density at radius 1 is 1.00 bits per heavy atom. The van der Waals surface area contributed by atoms with E-state index in [1.54, 1.807) is 5.56 Å². The van der Waals surface area contributed by atoms with Crippen LogP contribution >= 0.6 is 0 Å². The van der Waals surface area contributed by atoms with Gasteiger partial charge in [-0.05, 0) is 68.2 Å². The minimum absolute atomic E-state index is 0.811. The van der Waals surface area contributed by atoms with E-state index in [4.69, 9.17) is 0 Å². The van der Waals surface area contributed by atoms with Crippen LogP contribution in [0.15, 0.2) is 24.3 Å². The van der Waals surface area contributed by atoms with Gasteiger partial charge in [0.1, 0.15) is 0 Å². The maximum absolute atomic E-state index is 2.69. The molecular weight excluding hydrogens is 218 g/mol. The number of benzene rings is 1. The summed E-state index contributed by atoms with van der Waals surface area (Å²) in [6.07, 6.45) is 6.84. The summed E-state index contributed by atoms with van der Waals surface area (Å²) in [5.74, 6) is 1.86. The average Bonchev–Trinajstić information content (AvgIpc) is 3.24.